The van der Waals surface area contributed by atoms with Gasteiger partial charge in [-0.1, -0.05) is 30.3 Å². The van der Waals surface area contributed by atoms with Gasteiger partial charge >= 0.3 is 0 Å². The molecule has 5 heteroatoms. The molecule has 0 atom stereocenters. The van der Waals surface area contributed by atoms with Crippen LogP contribution in [0.25, 0.3) is 21.4 Å². The first kappa shape index (κ1) is 18.9. The summed E-state index contributed by atoms with van der Waals surface area (Å²) in [6.07, 6.45) is 3.08. The highest BCUT2D eigenvalue weighted by Crippen LogP contribution is 2.44. The fourth-order valence-electron chi connectivity index (χ4n) is 4.40. The van der Waals surface area contributed by atoms with Gasteiger partial charge in [0.1, 0.15) is 0 Å². The second-order valence-corrected chi connectivity index (χ2v) is 9.33. The zero-order chi connectivity index (χ0) is 19.8. The molecule has 2 aliphatic heterocycles. The van der Waals surface area contributed by atoms with E-state index in [9.17, 15) is 0 Å². The number of nitrogens with zero attached hydrogens (tertiary/aromatic N) is 4. The van der Waals surface area contributed by atoms with Crippen LogP contribution in [0.2, 0.25) is 0 Å². The molecule has 0 unspecified atom stereocenters. The van der Waals surface area contributed by atoms with Gasteiger partial charge < -0.3 is 4.90 Å². The number of thioether (sulfide) groups is 1. The van der Waals surface area contributed by atoms with Crippen molar-refractivity contribution in [3.8, 4) is 0 Å². The summed E-state index contributed by atoms with van der Waals surface area (Å²) in [5.41, 5.74) is 6.82. The SMILES string of the molecule is CN1CCN(Cc2cccc(C3=C(c4ccc5cnn(C)c5c4)CCS3)c2)CC1. The Bertz CT molecular complexity index is 1060. The highest BCUT2D eigenvalue weighted by molar-refractivity contribution is 8.08. The zero-order valence-corrected chi connectivity index (χ0v) is 18.1. The summed E-state index contributed by atoms with van der Waals surface area (Å²) in [5.74, 6) is 1.16. The first-order valence-electron chi connectivity index (χ1n) is 10.5. The van der Waals surface area contributed by atoms with E-state index in [1.807, 2.05) is 29.7 Å². The Morgan fingerprint density at radius 2 is 1.83 bits per heavy atom. The molecule has 29 heavy (non-hydrogen) atoms. The molecule has 1 fully saturated rings. The third kappa shape index (κ3) is 3.87. The van der Waals surface area contributed by atoms with Crippen LogP contribution < -0.4 is 0 Å². The molecule has 3 heterocycles. The summed E-state index contributed by atoms with van der Waals surface area (Å²) in [5, 5.41) is 5.61. The molecular formula is C24H28N4S. The van der Waals surface area contributed by atoms with Crippen LogP contribution in [0.1, 0.15) is 23.1 Å². The molecule has 2 aliphatic rings. The minimum absolute atomic E-state index is 1.05. The van der Waals surface area contributed by atoms with Gasteiger partial charge in [0.2, 0.25) is 0 Å². The van der Waals surface area contributed by atoms with Gasteiger partial charge in [0.25, 0.3) is 0 Å². The minimum Gasteiger partial charge on any atom is -0.304 e. The molecular weight excluding hydrogens is 376 g/mol. The van der Waals surface area contributed by atoms with Crippen LogP contribution in [-0.4, -0.2) is 58.6 Å². The van der Waals surface area contributed by atoms with Crippen molar-refractivity contribution >= 4 is 33.1 Å². The first-order valence-corrected chi connectivity index (χ1v) is 11.4. The summed E-state index contributed by atoms with van der Waals surface area (Å²) >= 11 is 2.00. The van der Waals surface area contributed by atoms with Crippen LogP contribution in [-0.2, 0) is 13.6 Å². The van der Waals surface area contributed by atoms with Crippen molar-refractivity contribution in [2.24, 2.45) is 7.05 Å². The Morgan fingerprint density at radius 3 is 2.69 bits per heavy atom. The number of rotatable bonds is 4. The Morgan fingerprint density at radius 1 is 0.966 bits per heavy atom. The average Bonchev–Trinajstić information content (AvgIpc) is 3.37. The van der Waals surface area contributed by atoms with E-state index in [0.717, 1.165) is 31.8 Å². The van der Waals surface area contributed by atoms with Gasteiger partial charge in [0.05, 0.1) is 11.7 Å². The van der Waals surface area contributed by atoms with Gasteiger partial charge in [-0.25, -0.2) is 0 Å². The predicted octanol–water partition coefficient (Wildman–Crippen LogP) is 4.33. The van der Waals surface area contributed by atoms with Gasteiger partial charge in [0, 0.05) is 55.8 Å². The predicted molar refractivity (Wildman–Crippen MR) is 124 cm³/mol. The van der Waals surface area contributed by atoms with E-state index in [2.05, 4.69) is 64.4 Å². The van der Waals surface area contributed by atoms with Gasteiger partial charge in [-0.2, -0.15) is 5.10 Å². The second-order valence-electron chi connectivity index (χ2n) is 8.23. The van der Waals surface area contributed by atoms with Gasteiger partial charge in [-0.3, -0.25) is 9.58 Å². The van der Waals surface area contributed by atoms with Gasteiger partial charge in [-0.15, -0.1) is 11.8 Å². The molecule has 150 valence electrons. The summed E-state index contributed by atoms with van der Waals surface area (Å²) < 4.78 is 1.97. The molecule has 3 aromatic rings. The molecule has 0 radical (unpaired) electrons. The monoisotopic (exact) mass is 404 g/mol. The maximum atomic E-state index is 4.40. The maximum absolute atomic E-state index is 4.40. The maximum Gasteiger partial charge on any atom is 0.0685 e. The lowest BCUT2D eigenvalue weighted by Gasteiger charge is -2.32. The summed E-state index contributed by atoms with van der Waals surface area (Å²) in [6.45, 7) is 5.71. The van der Waals surface area contributed by atoms with Crippen molar-refractivity contribution in [1.29, 1.82) is 0 Å². The quantitative estimate of drug-likeness (QED) is 0.646. The van der Waals surface area contributed by atoms with Crippen LogP contribution in [0.15, 0.2) is 48.7 Å². The van der Waals surface area contributed by atoms with Crippen molar-refractivity contribution in [1.82, 2.24) is 19.6 Å². The van der Waals surface area contributed by atoms with E-state index in [0.29, 0.717) is 0 Å². The number of piperazine rings is 1. The van der Waals surface area contributed by atoms with E-state index in [1.54, 1.807) is 0 Å². The highest BCUT2D eigenvalue weighted by Gasteiger charge is 2.20. The lowest BCUT2D eigenvalue weighted by molar-refractivity contribution is 0.148. The van der Waals surface area contributed by atoms with E-state index in [-0.39, 0.29) is 0 Å². The summed E-state index contributed by atoms with van der Waals surface area (Å²) in [6, 6.07) is 16.0. The summed E-state index contributed by atoms with van der Waals surface area (Å²) in [7, 11) is 4.23. The molecule has 1 aromatic heterocycles. The molecule has 5 rings (SSSR count). The molecule has 0 saturated carbocycles. The van der Waals surface area contributed by atoms with Crippen molar-refractivity contribution in [2.45, 2.75) is 13.0 Å². The molecule has 0 N–H and O–H groups in total. The average molecular weight is 405 g/mol. The molecule has 0 spiro atoms. The third-order valence-corrected chi connectivity index (χ3v) is 7.34. The Kier molecular flexibility index (Phi) is 5.20. The standard InChI is InChI=1S/C24H28N4S/c1-26-9-11-28(12-10-26)17-18-4-3-5-20(14-18)24-22(8-13-29-24)19-6-7-21-16-25-27(2)23(21)15-19/h3-7,14-16H,8-13,17H2,1-2H3. The van der Waals surface area contributed by atoms with Gasteiger partial charge in [-0.05, 0) is 47.9 Å². The molecule has 4 nitrogen and oxygen atoms in total. The number of aryl methyl sites for hydroxylation is 1. The second kappa shape index (κ2) is 7.98. The van der Waals surface area contributed by atoms with Crippen LogP contribution in [0.3, 0.4) is 0 Å². The van der Waals surface area contributed by atoms with Crippen molar-refractivity contribution < 1.29 is 0 Å². The lowest BCUT2D eigenvalue weighted by atomic mass is 9.98. The van der Waals surface area contributed by atoms with E-state index >= 15 is 0 Å². The fraction of sp³-hybridized carbons (Fsp3) is 0.375. The topological polar surface area (TPSA) is 24.3 Å². The third-order valence-electron chi connectivity index (χ3n) is 6.16. The molecule has 0 aliphatic carbocycles. The number of hydrogen-bond donors (Lipinski definition) is 0. The van der Waals surface area contributed by atoms with Gasteiger partial charge in [0.15, 0.2) is 0 Å². The van der Waals surface area contributed by atoms with E-state index in [1.165, 1.54) is 51.2 Å². The fourth-order valence-corrected chi connectivity index (χ4v) is 5.59. The summed E-state index contributed by atoms with van der Waals surface area (Å²) in [4.78, 5) is 6.44. The van der Waals surface area contributed by atoms with Crippen molar-refractivity contribution in [2.75, 3.05) is 39.0 Å². The number of aromatic nitrogens is 2. The number of hydrogen-bond acceptors (Lipinski definition) is 4. The number of fused-ring (bicyclic) bond motifs is 1. The van der Waals surface area contributed by atoms with Crippen LogP contribution in [0.5, 0.6) is 0 Å². The zero-order valence-electron chi connectivity index (χ0n) is 17.3. The lowest BCUT2D eigenvalue weighted by Crippen LogP contribution is -2.43. The number of likely N-dealkylation sites (N-methyl/N-ethyl adjacent to an activating group) is 1. The minimum atomic E-state index is 1.05. The first-order chi connectivity index (χ1) is 14.2. The Balaban J connectivity index is 1.44. The van der Waals surface area contributed by atoms with Crippen molar-refractivity contribution in [3.05, 3.63) is 65.4 Å². The van der Waals surface area contributed by atoms with Crippen LogP contribution in [0.4, 0.5) is 0 Å². The van der Waals surface area contributed by atoms with Crippen LogP contribution in [0, 0.1) is 0 Å². The van der Waals surface area contributed by atoms with E-state index in [4.69, 9.17) is 0 Å². The smallest absolute Gasteiger partial charge is 0.0685 e. The Labute approximate surface area is 177 Å². The highest BCUT2D eigenvalue weighted by atomic mass is 32.2. The Hall–Kier alpha value is -2.08. The molecule has 2 aromatic carbocycles. The van der Waals surface area contributed by atoms with Crippen molar-refractivity contribution in [3.63, 3.8) is 0 Å². The molecule has 0 amide bonds. The molecule has 1 saturated heterocycles. The van der Waals surface area contributed by atoms with Crippen LogP contribution >= 0.6 is 11.8 Å². The largest absolute Gasteiger partial charge is 0.304 e. The molecule has 0 bridgehead atoms. The van der Waals surface area contributed by atoms with E-state index < -0.39 is 0 Å². The number of allylic oxidation sites excluding steroid dienone is 1. The number of benzene rings is 2. The normalized spacial score (nSPS) is 18.8.